The molecule has 0 N–H and O–H groups in total. The number of anilines is 1. The molecule has 0 spiro atoms. The average molecular weight is 436 g/mol. The van der Waals surface area contributed by atoms with Gasteiger partial charge in [-0.1, -0.05) is 36.5 Å². The zero-order valence-electron chi connectivity index (χ0n) is 16.6. The summed E-state index contributed by atoms with van der Waals surface area (Å²) in [5.41, 5.74) is 2.97. The first-order valence-corrected chi connectivity index (χ1v) is 11.1. The lowest BCUT2D eigenvalue weighted by Crippen LogP contribution is -2.37. The van der Waals surface area contributed by atoms with Gasteiger partial charge in [-0.15, -0.1) is 24.2 Å². The fourth-order valence-corrected chi connectivity index (χ4v) is 4.49. The lowest BCUT2D eigenvalue weighted by Gasteiger charge is -2.22. The van der Waals surface area contributed by atoms with E-state index in [1.165, 1.54) is 5.56 Å². The number of fused-ring (bicyclic) bond motifs is 1. The van der Waals surface area contributed by atoms with Gasteiger partial charge in [-0.05, 0) is 56.6 Å². The van der Waals surface area contributed by atoms with Gasteiger partial charge < -0.3 is 4.90 Å². The molecule has 2 aromatic carbocycles. The van der Waals surface area contributed by atoms with E-state index in [0.717, 1.165) is 38.8 Å². The SMILES string of the molecule is CCc1ccc2nc(N(CCN(C)C)C(=O)c3ccccc3SC)sc2c1.Cl. The van der Waals surface area contributed by atoms with Gasteiger partial charge in [0.05, 0.1) is 15.8 Å². The molecule has 1 heterocycles. The second kappa shape index (κ2) is 10.3. The Kier molecular flexibility index (Phi) is 8.31. The van der Waals surface area contributed by atoms with Crippen LogP contribution < -0.4 is 4.90 Å². The number of likely N-dealkylation sites (N-methyl/N-ethyl adjacent to an activating group) is 1. The molecule has 0 bridgehead atoms. The highest BCUT2D eigenvalue weighted by Crippen LogP contribution is 2.31. The van der Waals surface area contributed by atoms with Gasteiger partial charge in [-0.25, -0.2) is 4.98 Å². The largest absolute Gasteiger partial charge is 0.308 e. The molecule has 0 aliphatic carbocycles. The quantitative estimate of drug-likeness (QED) is 0.477. The molecule has 7 heteroatoms. The maximum absolute atomic E-state index is 13.4. The van der Waals surface area contributed by atoms with Crippen molar-refractivity contribution in [1.82, 2.24) is 9.88 Å². The van der Waals surface area contributed by atoms with Gasteiger partial charge in [-0.3, -0.25) is 9.69 Å². The predicted molar refractivity (Wildman–Crippen MR) is 125 cm³/mol. The first-order chi connectivity index (χ1) is 13.0. The molecule has 0 unspecified atom stereocenters. The molecule has 28 heavy (non-hydrogen) atoms. The average Bonchev–Trinajstić information content (AvgIpc) is 3.10. The standard InChI is InChI=1S/C21H25N3OS2.ClH/c1-5-15-10-11-17-19(14-15)27-21(22-17)24(13-12-23(2)3)20(25)16-8-6-7-9-18(16)26-4;/h6-11,14H,5,12-13H2,1-4H3;1H. The number of carbonyl (C=O) groups is 1. The first kappa shape index (κ1) is 22.7. The summed E-state index contributed by atoms with van der Waals surface area (Å²) >= 11 is 3.19. The van der Waals surface area contributed by atoms with Crippen molar-refractivity contribution < 1.29 is 4.79 Å². The summed E-state index contributed by atoms with van der Waals surface area (Å²) in [5.74, 6) is 0.0107. The van der Waals surface area contributed by atoms with Gasteiger partial charge in [0.2, 0.25) is 0 Å². The van der Waals surface area contributed by atoms with Crippen LogP contribution in [0.1, 0.15) is 22.8 Å². The Labute approximate surface area is 181 Å². The second-order valence-electron chi connectivity index (χ2n) is 6.61. The molecule has 3 rings (SSSR count). The van der Waals surface area contributed by atoms with Gasteiger partial charge in [0.15, 0.2) is 5.13 Å². The highest BCUT2D eigenvalue weighted by atomic mass is 35.5. The van der Waals surface area contributed by atoms with E-state index < -0.39 is 0 Å². The minimum atomic E-state index is 0. The fraction of sp³-hybridized carbons (Fsp3) is 0.333. The number of halogens is 1. The van der Waals surface area contributed by atoms with Crippen molar-refractivity contribution in [2.24, 2.45) is 0 Å². The lowest BCUT2D eigenvalue weighted by atomic mass is 10.2. The van der Waals surface area contributed by atoms with Crippen molar-refractivity contribution in [2.45, 2.75) is 18.2 Å². The topological polar surface area (TPSA) is 36.4 Å². The summed E-state index contributed by atoms with van der Waals surface area (Å²) in [5, 5.41) is 0.765. The van der Waals surface area contributed by atoms with Gasteiger partial charge >= 0.3 is 0 Å². The summed E-state index contributed by atoms with van der Waals surface area (Å²) in [6.45, 7) is 3.54. The molecule has 0 saturated carbocycles. The van der Waals surface area contributed by atoms with Crippen molar-refractivity contribution in [1.29, 1.82) is 0 Å². The lowest BCUT2D eigenvalue weighted by molar-refractivity contribution is 0.0982. The van der Waals surface area contributed by atoms with Crippen LogP contribution in [0.3, 0.4) is 0 Å². The number of aryl methyl sites for hydroxylation is 1. The monoisotopic (exact) mass is 435 g/mol. The third kappa shape index (κ3) is 5.06. The summed E-state index contributed by atoms with van der Waals surface area (Å²) in [7, 11) is 4.04. The molecule has 1 amide bonds. The second-order valence-corrected chi connectivity index (χ2v) is 8.47. The van der Waals surface area contributed by atoms with E-state index in [1.54, 1.807) is 23.1 Å². The van der Waals surface area contributed by atoms with Crippen molar-refractivity contribution in [3.8, 4) is 0 Å². The molecule has 3 aromatic rings. The van der Waals surface area contributed by atoms with E-state index in [-0.39, 0.29) is 18.3 Å². The molecule has 150 valence electrons. The maximum atomic E-state index is 13.4. The molecule has 0 atom stereocenters. The number of carbonyl (C=O) groups excluding carboxylic acids is 1. The number of thiazole rings is 1. The van der Waals surface area contributed by atoms with E-state index in [4.69, 9.17) is 4.98 Å². The molecular weight excluding hydrogens is 410 g/mol. The molecule has 0 aliphatic rings. The third-order valence-electron chi connectivity index (χ3n) is 4.43. The van der Waals surface area contributed by atoms with E-state index >= 15 is 0 Å². The van der Waals surface area contributed by atoms with Crippen LogP contribution >= 0.6 is 35.5 Å². The molecule has 0 fully saturated rings. The molecular formula is C21H26ClN3OS2. The Hall–Kier alpha value is -1.60. The molecule has 4 nitrogen and oxygen atoms in total. The van der Waals surface area contributed by atoms with E-state index in [0.29, 0.717) is 6.54 Å². The van der Waals surface area contributed by atoms with Crippen LogP contribution in [0.4, 0.5) is 5.13 Å². The van der Waals surface area contributed by atoms with Crippen LogP contribution in [0, 0.1) is 0 Å². The van der Waals surface area contributed by atoms with E-state index in [1.807, 2.05) is 49.5 Å². The Balaban J connectivity index is 0.00000280. The molecule has 1 aromatic heterocycles. The van der Waals surface area contributed by atoms with Crippen LogP contribution in [-0.2, 0) is 6.42 Å². The highest BCUT2D eigenvalue weighted by molar-refractivity contribution is 7.98. The number of hydrogen-bond donors (Lipinski definition) is 0. The van der Waals surface area contributed by atoms with Crippen LogP contribution in [0.5, 0.6) is 0 Å². The van der Waals surface area contributed by atoms with Gasteiger partial charge in [-0.2, -0.15) is 0 Å². The van der Waals surface area contributed by atoms with E-state index in [2.05, 4.69) is 30.0 Å². The number of benzene rings is 2. The smallest absolute Gasteiger partial charge is 0.261 e. The van der Waals surface area contributed by atoms with Gasteiger partial charge in [0.1, 0.15) is 0 Å². The number of hydrogen-bond acceptors (Lipinski definition) is 5. The normalized spacial score (nSPS) is 10.9. The van der Waals surface area contributed by atoms with Gasteiger partial charge in [0.25, 0.3) is 5.91 Å². The summed E-state index contributed by atoms with van der Waals surface area (Å²) in [6.07, 6.45) is 2.99. The number of nitrogens with zero attached hydrogens (tertiary/aromatic N) is 3. The van der Waals surface area contributed by atoms with Crippen LogP contribution in [0.15, 0.2) is 47.4 Å². The number of thioether (sulfide) groups is 1. The van der Waals surface area contributed by atoms with Crippen LogP contribution in [0.2, 0.25) is 0 Å². The minimum Gasteiger partial charge on any atom is -0.308 e. The van der Waals surface area contributed by atoms with Crippen molar-refractivity contribution >= 4 is 56.8 Å². The third-order valence-corrected chi connectivity index (χ3v) is 6.27. The van der Waals surface area contributed by atoms with Crippen LogP contribution in [-0.4, -0.2) is 49.2 Å². The fourth-order valence-electron chi connectivity index (χ4n) is 2.84. The Morgan fingerprint density at radius 3 is 2.57 bits per heavy atom. The highest BCUT2D eigenvalue weighted by Gasteiger charge is 2.23. The molecule has 0 aliphatic heterocycles. The van der Waals surface area contributed by atoms with Gasteiger partial charge in [0, 0.05) is 18.0 Å². The zero-order chi connectivity index (χ0) is 19.4. The predicted octanol–water partition coefficient (Wildman–Crippen LogP) is 5.21. The zero-order valence-corrected chi connectivity index (χ0v) is 19.1. The first-order valence-electron chi connectivity index (χ1n) is 9.02. The summed E-state index contributed by atoms with van der Waals surface area (Å²) < 4.78 is 1.13. The Morgan fingerprint density at radius 2 is 1.89 bits per heavy atom. The maximum Gasteiger partial charge on any atom is 0.261 e. The van der Waals surface area contributed by atoms with E-state index in [9.17, 15) is 4.79 Å². The Morgan fingerprint density at radius 1 is 1.14 bits per heavy atom. The summed E-state index contributed by atoms with van der Waals surface area (Å²) in [4.78, 5) is 23.1. The summed E-state index contributed by atoms with van der Waals surface area (Å²) in [6, 6.07) is 14.1. The number of rotatable bonds is 7. The number of aromatic nitrogens is 1. The minimum absolute atomic E-state index is 0. The van der Waals surface area contributed by atoms with Crippen molar-refractivity contribution in [3.63, 3.8) is 0 Å². The Bertz CT molecular complexity index is 942. The van der Waals surface area contributed by atoms with Crippen molar-refractivity contribution in [2.75, 3.05) is 38.3 Å². The van der Waals surface area contributed by atoms with Crippen molar-refractivity contribution in [3.05, 3.63) is 53.6 Å². The molecule has 0 saturated heterocycles. The molecule has 0 radical (unpaired) electrons. The van der Waals surface area contributed by atoms with Crippen LogP contribution in [0.25, 0.3) is 10.2 Å². The number of amides is 1.